The molecule has 0 fully saturated rings. The number of hydrazone groups is 1. The third-order valence-electron chi connectivity index (χ3n) is 4.20. The Balaban J connectivity index is 2.28. The van der Waals surface area contributed by atoms with Crippen LogP contribution in [0.4, 0.5) is 5.69 Å². The minimum atomic E-state index is 0.879. The van der Waals surface area contributed by atoms with Crippen LogP contribution >= 0.6 is 24.0 Å². The molecule has 0 radical (unpaired) electrons. The van der Waals surface area contributed by atoms with Gasteiger partial charge in [-0.3, -0.25) is 5.43 Å². The zero-order valence-corrected chi connectivity index (χ0v) is 18.3. The molecule has 2 rings (SSSR count). The van der Waals surface area contributed by atoms with E-state index in [-0.39, 0.29) is 0 Å². The summed E-state index contributed by atoms with van der Waals surface area (Å²) in [5.41, 5.74) is 7.75. The molecule has 3 nitrogen and oxygen atoms in total. The lowest BCUT2D eigenvalue weighted by atomic mass is 10.1. The van der Waals surface area contributed by atoms with E-state index in [1.165, 1.54) is 11.1 Å². The van der Waals surface area contributed by atoms with Crippen LogP contribution < -0.4 is 5.43 Å². The number of aryl methyl sites for hydroxylation is 2. The van der Waals surface area contributed by atoms with Gasteiger partial charge in [0.2, 0.25) is 0 Å². The van der Waals surface area contributed by atoms with Crippen LogP contribution in [0.5, 0.6) is 0 Å². The Morgan fingerprint density at radius 2 is 1.56 bits per heavy atom. The molecule has 2 aromatic carbocycles. The van der Waals surface area contributed by atoms with Crippen LogP contribution in [-0.2, 0) is 0 Å². The smallest absolute Gasteiger partial charge is 0.142 e. The molecule has 0 spiro atoms. The normalized spacial score (nSPS) is 11.3. The highest BCUT2D eigenvalue weighted by Crippen LogP contribution is 2.22. The SMILES string of the molecule is CCCN(CCC)C(=S)S/C(=N/Nc1c(C)cccc1C)c1ccccc1. The maximum atomic E-state index is 5.75. The van der Waals surface area contributed by atoms with Gasteiger partial charge in [-0.25, -0.2) is 0 Å². The average molecular weight is 400 g/mol. The van der Waals surface area contributed by atoms with Gasteiger partial charge in [-0.1, -0.05) is 74.6 Å². The standard InChI is InChI=1S/C22H29N3S2/c1-5-15-25(16-6-2)22(26)27-21(19-13-8-7-9-14-19)24-23-20-17(3)11-10-12-18(20)4/h7-14,23H,5-6,15-16H2,1-4H3/b24-21+. The van der Waals surface area contributed by atoms with Gasteiger partial charge in [0.1, 0.15) is 9.36 Å². The van der Waals surface area contributed by atoms with Gasteiger partial charge in [-0.15, -0.1) is 0 Å². The lowest BCUT2D eigenvalue weighted by Crippen LogP contribution is -2.30. The van der Waals surface area contributed by atoms with Crippen molar-refractivity contribution in [1.29, 1.82) is 0 Å². The van der Waals surface area contributed by atoms with Crippen LogP contribution in [-0.4, -0.2) is 27.4 Å². The predicted molar refractivity (Wildman–Crippen MR) is 125 cm³/mol. The Morgan fingerprint density at radius 3 is 2.11 bits per heavy atom. The van der Waals surface area contributed by atoms with E-state index in [4.69, 9.17) is 17.3 Å². The fourth-order valence-corrected chi connectivity index (χ4v) is 4.05. The molecule has 0 aliphatic rings. The molecule has 0 atom stereocenters. The first-order valence-electron chi connectivity index (χ1n) is 9.48. The van der Waals surface area contributed by atoms with Crippen LogP contribution in [0.2, 0.25) is 0 Å². The Labute approximate surface area is 173 Å². The average Bonchev–Trinajstić information content (AvgIpc) is 2.67. The van der Waals surface area contributed by atoms with Gasteiger partial charge in [0, 0.05) is 18.7 Å². The maximum Gasteiger partial charge on any atom is 0.142 e. The number of anilines is 1. The van der Waals surface area contributed by atoms with Crippen molar-refractivity contribution in [3.05, 3.63) is 65.2 Å². The quantitative estimate of drug-likeness (QED) is 0.259. The van der Waals surface area contributed by atoms with E-state index in [0.717, 1.165) is 46.5 Å². The minimum absolute atomic E-state index is 0.879. The molecular formula is C22H29N3S2. The number of thioether (sulfide) groups is 1. The van der Waals surface area contributed by atoms with Crippen molar-refractivity contribution in [3.63, 3.8) is 0 Å². The summed E-state index contributed by atoms with van der Waals surface area (Å²) in [7, 11) is 0. The summed E-state index contributed by atoms with van der Waals surface area (Å²) in [5.74, 6) is 0. The summed E-state index contributed by atoms with van der Waals surface area (Å²) < 4.78 is 0.879. The molecule has 0 amide bonds. The minimum Gasteiger partial charge on any atom is -0.357 e. The number of benzene rings is 2. The second-order valence-electron chi connectivity index (χ2n) is 6.52. The Kier molecular flexibility index (Phi) is 8.82. The van der Waals surface area contributed by atoms with Gasteiger partial charge in [-0.2, -0.15) is 5.10 Å². The lowest BCUT2D eigenvalue weighted by Gasteiger charge is -2.24. The van der Waals surface area contributed by atoms with Gasteiger partial charge in [0.25, 0.3) is 0 Å². The van der Waals surface area contributed by atoms with E-state index >= 15 is 0 Å². The number of rotatable bonds is 7. The largest absolute Gasteiger partial charge is 0.357 e. The molecule has 0 saturated carbocycles. The topological polar surface area (TPSA) is 27.6 Å². The van der Waals surface area contributed by atoms with Crippen molar-refractivity contribution in [2.24, 2.45) is 5.10 Å². The summed E-state index contributed by atoms with van der Waals surface area (Å²) in [6.45, 7) is 10.5. The van der Waals surface area contributed by atoms with E-state index in [0.29, 0.717) is 0 Å². The zero-order valence-electron chi connectivity index (χ0n) is 16.7. The third-order valence-corrected chi connectivity index (χ3v) is 5.66. The van der Waals surface area contributed by atoms with Crippen LogP contribution in [0.25, 0.3) is 0 Å². The predicted octanol–water partition coefficient (Wildman–Crippen LogP) is 6.22. The molecule has 5 heteroatoms. The van der Waals surface area contributed by atoms with E-state index < -0.39 is 0 Å². The van der Waals surface area contributed by atoms with E-state index in [2.05, 4.69) is 68.4 Å². The molecule has 0 bridgehead atoms. The lowest BCUT2D eigenvalue weighted by molar-refractivity contribution is 0.431. The highest BCUT2D eigenvalue weighted by atomic mass is 32.2. The van der Waals surface area contributed by atoms with Crippen LogP contribution in [0.3, 0.4) is 0 Å². The van der Waals surface area contributed by atoms with Gasteiger partial charge >= 0.3 is 0 Å². The third kappa shape index (κ3) is 6.36. The molecule has 0 saturated heterocycles. The molecule has 1 N–H and O–H groups in total. The Morgan fingerprint density at radius 1 is 0.963 bits per heavy atom. The van der Waals surface area contributed by atoms with Crippen molar-refractivity contribution in [2.45, 2.75) is 40.5 Å². The van der Waals surface area contributed by atoms with Crippen LogP contribution in [0.1, 0.15) is 43.4 Å². The number of hydrogen-bond donors (Lipinski definition) is 1. The number of nitrogens with one attached hydrogen (secondary N) is 1. The summed E-state index contributed by atoms with van der Waals surface area (Å²) >= 11 is 7.31. The molecule has 27 heavy (non-hydrogen) atoms. The van der Waals surface area contributed by atoms with Crippen LogP contribution in [0.15, 0.2) is 53.6 Å². The van der Waals surface area contributed by atoms with Crippen molar-refractivity contribution < 1.29 is 0 Å². The van der Waals surface area contributed by atoms with Crippen molar-refractivity contribution in [2.75, 3.05) is 18.5 Å². The number of hydrogen-bond acceptors (Lipinski definition) is 4. The summed E-state index contributed by atoms with van der Waals surface area (Å²) in [5, 5.41) is 5.63. The van der Waals surface area contributed by atoms with Gasteiger partial charge < -0.3 is 4.90 Å². The van der Waals surface area contributed by atoms with E-state index in [9.17, 15) is 0 Å². The van der Waals surface area contributed by atoms with E-state index in [1.807, 2.05) is 18.2 Å². The van der Waals surface area contributed by atoms with Crippen molar-refractivity contribution in [3.8, 4) is 0 Å². The zero-order chi connectivity index (χ0) is 19.6. The van der Waals surface area contributed by atoms with Gasteiger partial charge in [0.15, 0.2) is 0 Å². The van der Waals surface area contributed by atoms with Crippen molar-refractivity contribution >= 4 is 39.0 Å². The monoisotopic (exact) mass is 399 g/mol. The van der Waals surface area contributed by atoms with E-state index in [1.54, 1.807) is 11.8 Å². The maximum absolute atomic E-state index is 5.75. The molecule has 0 aromatic heterocycles. The van der Waals surface area contributed by atoms with Gasteiger partial charge in [0.05, 0.1) is 5.69 Å². The molecular weight excluding hydrogens is 370 g/mol. The van der Waals surface area contributed by atoms with Gasteiger partial charge in [-0.05, 0) is 49.6 Å². The second kappa shape index (κ2) is 11.1. The van der Waals surface area contributed by atoms with Crippen molar-refractivity contribution in [1.82, 2.24) is 4.90 Å². The first-order valence-corrected chi connectivity index (χ1v) is 10.7. The molecule has 0 heterocycles. The van der Waals surface area contributed by atoms with Crippen LogP contribution in [0, 0.1) is 13.8 Å². The second-order valence-corrected chi connectivity index (χ2v) is 8.14. The summed E-state index contributed by atoms with van der Waals surface area (Å²) in [4.78, 5) is 2.28. The number of thiocarbonyl (C=S) groups is 1. The Hall–Kier alpha value is -1.85. The molecule has 0 unspecified atom stereocenters. The summed E-state index contributed by atoms with van der Waals surface area (Å²) in [6.07, 6.45) is 2.17. The highest BCUT2D eigenvalue weighted by molar-refractivity contribution is 8.33. The highest BCUT2D eigenvalue weighted by Gasteiger charge is 2.14. The molecule has 0 aliphatic carbocycles. The molecule has 144 valence electrons. The summed E-state index contributed by atoms with van der Waals surface area (Å²) in [6, 6.07) is 16.5. The molecule has 0 aliphatic heterocycles. The Bertz CT molecular complexity index is 746. The molecule has 2 aromatic rings. The first kappa shape index (κ1) is 21.5. The number of para-hydroxylation sites is 1. The number of nitrogens with zero attached hydrogens (tertiary/aromatic N) is 2. The fourth-order valence-electron chi connectivity index (χ4n) is 2.81. The first-order chi connectivity index (χ1) is 13.1. The fraction of sp³-hybridized carbons (Fsp3) is 0.364.